The average molecular weight is 211 g/mol. The molecule has 1 rings (SSSR count). The standard InChI is InChI=1S/C10H17N3S/c1-3-6-11-9-5-7-12-10(13-9)8-14-4-2/h5,7H,3-4,6,8H2,1-2H3,(H,11,12,13). The maximum Gasteiger partial charge on any atom is 0.140 e. The fraction of sp³-hybridized carbons (Fsp3) is 0.600. The van der Waals surface area contributed by atoms with E-state index in [1.165, 1.54) is 0 Å². The van der Waals surface area contributed by atoms with E-state index in [1.807, 2.05) is 24.0 Å². The molecule has 0 radical (unpaired) electrons. The van der Waals surface area contributed by atoms with Gasteiger partial charge in [0.15, 0.2) is 0 Å². The van der Waals surface area contributed by atoms with Gasteiger partial charge in [0.2, 0.25) is 0 Å². The Balaban J connectivity index is 2.50. The van der Waals surface area contributed by atoms with Crippen molar-refractivity contribution < 1.29 is 0 Å². The lowest BCUT2D eigenvalue weighted by molar-refractivity contribution is 0.951. The van der Waals surface area contributed by atoms with Gasteiger partial charge in [-0.25, -0.2) is 9.97 Å². The molecule has 0 bridgehead atoms. The summed E-state index contributed by atoms with van der Waals surface area (Å²) in [7, 11) is 0. The zero-order valence-corrected chi connectivity index (χ0v) is 9.60. The van der Waals surface area contributed by atoms with Crippen LogP contribution in [0.4, 0.5) is 5.82 Å². The third-order valence-corrected chi connectivity index (χ3v) is 2.57. The highest BCUT2D eigenvalue weighted by atomic mass is 32.2. The van der Waals surface area contributed by atoms with E-state index in [0.29, 0.717) is 0 Å². The largest absolute Gasteiger partial charge is 0.370 e. The van der Waals surface area contributed by atoms with Crippen LogP contribution in [0.5, 0.6) is 0 Å². The SMILES string of the molecule is CCCNc1ccnc(CSCC)n1. The van der Waals surface area contributed by atoms with Gasteiger partial charge in [-0.05, 0) is 18.2 Å². The molecular weight excluding hydrogens is 194 g/mol. The molecule has 1 N–H and O–H groups in total. The van der Waals surface area contributed by atoms with Gasteiger partial charge in [0.25, 0.3) is 0 Å². The molecule has 0 amide bonds. The van der Waals surface area contributed by atoms with Gasteiger partial charge in [0.1, 0.15) is 11.6 Å². The van der Waals surface area contributed by atoms with Crippen LogP contribution in [-0.2, 0) is 5.75 Å². The Kier molecular flexibility index (Phi) is 5.37. The summed E-state index contributed by atoms with van der Waals surface area (Å²) in [6.45, 7) is 5.25. The first-order chi connectivity index (χ1) is 6.86. The van der Waals surface area contributed by atoms with Crippen LogP contribution in [0, 0.1) is 0 Å². The minimum atomic E-state index is 0.901. The molecular formula is C10H17N3S. The summed E-state index contributed by atoms with van der Waals surface area (Å²) in [4.78, 5) is 8.62. The molecule has 3 nitrogen and oxygen atoms in total. The molecule has 4 heteroatoms. The molecule has 1 heterocycles. The first-order valence-electron chi connectivity index (χ1n) is 5.00. The van der Waals surface area contributed by atoms with Crippen LogP contribution in [0.2, 0.25) is 0 Å². The predicted octanol–water partition coefficient (Wildman–Crippen LogP) is 2.55. The molecule has 0 unspecified atom stereocenters. The number of nitrogens with zero attached hydrogens (tertiary/aromatic N) is 2. The Hall–Kier alpha value is -0.770. The summed E-state index contributed by atoms with van der Waals surface area (Å²) < 4.78 is 0. The van der Waals surface area contributed by atoms with Crippen molar-refractivity contribution in [2.75, 3.05) is 17.6 Å². The maximum atomic E-state index is 4.40. The van der Waals surface area contributed by atoms with E-state index < -0.39 is 0 Å². The Bertz CT molecular complexity index is 242. The molecule has 0 saturated carbocycles. The van der Waals surface area contributed by atoms with E-state index in [4.69, 9.17) is 0 Å². The highest BCUT2D eigenvalue weighted by Gasteiger charge is 1.97. The van der Waals surface area contributed by atoms with Crippen LogP contribution in [0.15, 0.2) is 12.3 Å². The number of rotatable bonds is 6. The number of nitrogens with one attached hydrogen (secondary N) is 1. The first kappa shape index (κ1) is 11.3. The summed E-state index contributed by atoms with van der Waals surface area (Å²) >= 11 is 1.84. The van der Waals surface area contributed by atoms with Crippen molar-refractivity contribution in [3.05, 3.63) is 18.1 Å². The molecule has 14 heavy (non-hydrogen) atoms. The quantitative estimate of drug-likeness (QED) is 0.784. The molecule has 0 fully saturated rings. The van der Waals surface area contributed by atoms with Crippen molar-refractivity contribution in [2.45, 2.75) is 26.0 Å². The van der Waals surface area contributed by atoms with E-state index >= 15 is 0 Å². The Morgan fingerprint density at radius 1 is 1.43 bits per heavy atom. The zero-order valence-electron chi connectivity index (χ0n) is 8.79. The zero-order chi connectivity index (χ0) is 10.2. The summed E-state index contributed by atoms with van der Waals surface area (Å²) in [5.41, 5.74) is 0. The van der Waals surface area contributed by atoms with Gasteiger partial charge in [-0.3, -0.25) is 0 Å². The Labute approximate surface area is 89.7 Å². The van der Waals surface area contributed by atoms with Gasteiger partial charge in [0.05, 0.1) is 5.75 Å². The minimum Gasteiger partial charge on any atom is -0.370 e. The van der Waals surface area contributed by atoms with Crippen LogP contribution in [-0.4, -0.2) is 22.3 Å². The minimum absolute atomic E-state index is 0.901. The summed E-state index contributed by atoms with van der Waals surface area (Å²) in [6, 6.07) is 1.91. The fourth-order valence-corrected chi connectivity index (χ4v) is 1.54. The second kappa shape index (κ2) is 6.65. The third kappa shape index (κ3) is 3.96. The lowest BCUT2D eigenvalue weighted by Crippen LogP contribution is -2.04. The van der Waals surface area contributed by atoms with E-state index in [2.05, 4.69) is 29.1 Å². The number of aromatic nitrogens is 2. The molecule has 0 aliphatic heterocycles. The van der Waals surface area contributed by atoms with Gasteiger partial charge < -0.3 is 5.32 Å². The van der Waals surface area contributed by atoms with Crippen molar-refractivity contribution in [1.82, 2.24) is 9.97 Å². The van der Waals surface area contributed by atoms with Crippen molar-refractivity contribution in [1.29, 1.82) is 0 Å². The van der Waals surface area contributed by atoms with Crippen LogP contribution in [0.3, 0.4) is 0 Å². The Morgan fingerprint density at radius 2 is 2.29 bits per heavy atom. The summed E-state index contributed by atoms with van der Waals surface area (Å²) in [5.74, 6) is 3.86. The first-order valence-corrected chi connectivity index (χ1v) is 6.15. The predicted molar refractivity (Wildman–Crippen MR) is 62.6 cm³/mol. The van der Waals surface area contributed by atoms with E-state index in [9.17, 15) is 0 Å². The topological polar surface area (TPSA) is 37.8 Å². The van der Waals surface area contributed by atoms with Crippen molar-refractivity contribution in [2.24, 2.45) is 0 Å². The number of hydrogen-bond donors (Lipinski definition) is 1. The lowest BCUT2D eigenvalue weighted by atomic mass is 10.4. The summed E-state index contributed by atoms with van der Waals surface area (Å²) in [5, 5.41) is 3.25. The molecule has 0 saturated heterocycles. The van der Waals surface area contributed by atoms with Crippen molar-refractivity contribution in [3.8, 4) is 0 Å². The van der Waals surface area contributed by atoms with Crippen molar-refractivity contribution in [3.63, 3.8) is 0 Å². The van der Waals surface area contributed by atoms with Gasteiger partial charge in [0, 0.05) is 12.7 Å². The monoisotopic (exact) mass is 211 g/mol. The highest BCUT2D eigenvalue weighted by molar-refractivity contribution is 7.98. The van der Waals surface area contributed by atoms with Gasteiger partial charge >= 0.3 is 0 Å². The molecule has 0 aromatic carbocycles. The molecule has 0 atom stereocenters. The van der Waals surface area contributed by atoms with E-state index in [-0.39, 0.29) is 0 Å². The Morgan fingerprint density at radius 3 is 3.00 bits per heavy atom. The van der Waals surface area contributed by atoms with E-state index in [1.54, 1.807) is 0 Å². The molecule has 0 spiro atoms. The molecule has 1 aromatic heterocycles. The lowest BCUT2D eigenvalue weighted by Gasteiger charge is -2.04. The molecule has 0 aliphatic rings. The van der Waals surface area contributed by atoms with Gasteiger partial charge in [-0.2, -0.15) is 11.8 Å². The van der Waals surface area contributed by atoms with Crippen LogP contribution < -0.4 is 5.32 Å². The van der Waals surface area contributed by atoms with Crippen LogP contribution in [0.1, 0.15) is 26.1 Å². The summed E-state index contributed by atoms with van der Waals surface area (Å²) in [6.07, 6.45) is 2.93. The molecule has 0 aliphatic carbocycles. The number of anilines is 1. The normalized spacial score (nSPS) is 10.1. The number of thioether (sulfide) groups is 1. The highest BCUT2D eigenvalue weighted by Crippen LogP contribution is 2.09. The maximum absolute atomic E-state index is 4.40. The fourth-order valence-electron chi connectivity index (χ4n) is 1.01. The second-order valence-electron chi connectivity index (χ2n) is 2.92. The molecule has 1 aromatic rings. The van der Waals surface area contributed by atoms with Gasteiger partial charge in [-0.15, -0.1) is 0 Å². The van der Waals surface area contributed by atoms with Crippen LogP contribution in [0.25, 0.3) is 0 Å². The van der Waals surface area contributed by atoms with Gasteiger partial charge in [-0.1, -0.05) is 13.8 Å². The smallest absolute Gasteiger partial charge is 0.140 e. The van der Waals surface area contributed by atoms with Crippen molar-refractivity contribution >= 4 is 17.6 Å². The van der Waals surface area contributed by atoms with Crippen LogP contribution >= 0.6 is 11.8 Å². The molecule has 78 valence electrons. The average Bonchev–Trinajstić information content (AvgIpc) is 2.24. The third-order valence-electron chi connectivity index (χ3n) is 1.70. The number of hydrogen-bond acceptors (Lipinski definition) is 4. The second-order valence-corrected chi connectivity index (χ2v) is 4.20. The van der Waals surface area contributed by atoms with E-state index in [0.717, 1.165) is 36.1 Å².